The third kappa shape index (κ3) is 2.87. The van der Waals surface area contributed by atoms with Crippen LogP contribution in [0.25, 0.3) is 10.6 Å². The fourth-order valence-electron chi connectivity index (χ4n) is 1.96. The molecule has 0 amide bonds. The van der Waals surface area contributed by atoms with Crippen molar-refractivity contribution in [3.8, 4) is 16.6 Å². The van der Waals surface area contributed by atoms with E-state index in [-0.39, 0.29) is 0 Å². The zero-order chi connectivity index (χ0) is 15.5. The molecule has 108 valence electrons. The first-order chi connectivity index (χ1) is 10.7. The van der Waals surface area contributed by atoms with E-state index in [9.17, 15) is 0 Å². The Labute approximate surface area is 131 Å². The molecule has 3 aromatic rings. The summed E-state index contributed by atoms with van der Waals surface area (Å²) in [7, 11) is 0. The van der Waals surface area contributed by atoms with Crippen LogP contribution in [0.4, 0.5) is 16.8 Å². The van der Waals surface area contributed by atoms with Gasteiger partial charge in [0.2, 0.25) is 5.95 Å². The number of hydrogen-bond donors (Lipinski definition) is 2. The van der Waals surface area contributed by atoms with Crippen LogP contribution >= 0.6 is 11.3 Å². The van der Waals surface area contributed by atoms with Gasteiger partial charge in [0.05, 0.1) is 27.9 Å². The van der Waals surface area contributed by atoms with Crippen molar-refractivity contribution < 1.29 is 0 Å². The highest BCUT2D eigenvalue weighted by atomic mass is 32.1. The normalized spacial score (nSPS) is 10.2. The zero-order valence-electron chi connectivity index (χ0n) is 11.7. The molecule has 0 fully saturated rings. The lowest BCUT2D eigenvalue weighted by molar-refractivity contribution is 1.16. The molecule has 3 rings (SSSR count). The number of nitrogens with one attached hydrogen (secondary N) is 1. The molecule has 2 aromatic heterocycles. The summed E-state index contributed by atoms with van der Waals surface area (Å²) in [5.41, 5.74) is 8.78. The number of nitrogen functional groups attached to an aromatic ring is 1. The van der Waals surface area contributed by atoms with E-state index < -0.39 is 0 Å². The molecular formula is C15H12N6S. The molecule has 0 saturated heterocycles. The van der Waals surface area contributed by atoms with E-state index in [2.05, 4.69) is 26.3 Å². The van der Waals surface area contributed by atoms with Crippen molar-refractivity contribution >= 4 is 28.1 Å². The molecule has 0 spiro atoms. The lowest BCUT2D eigenvalue weighted by atomic mass is 10.2. The molecule has 0 radical (unpaired) electrons. The molecular weight excluding hydrogens is 296 g/mol. The number of nitriles is 1. The van der Waals surface area contributed by atoms with E-state index in [1.807, 2.05) is 25.1 Å². The molecule has 22 heavy (non-hydrogen) atoms. The summed E-state index contributed by atoms with van der Waals surface area (Å²) in [6.07, 6.45) is 1.68. The Morgan fingerprint density at radius 2 is 1.95 bits per heavy atom. The van der Waals surface area contributed by atoms with Gasteiger partial charge in [-0.15, -0.1) is 0 Å². The van der Waals surface area contributed by atoms with E-state index in [4.69, 9.17) is 11.0 Å². The molecule has 0 unspecified atom stereocenters. The summed E-state index contributed by atoms with van der Waals surface area (Å²) in [5, 5.41) is 12.4. The molecule has 0 bridgehead atoms. The lowest BCUT2D eigenvalue weighted by Crippen LogP contribution is -1.97. The van der Waals surface area contributed by atoms with E-state index in [0.717, 1.165) is 22.0 Å². The number of hydrogen-bond acceptors (Lipinski definition) is 7. The maximum absolute atomic E-state index is 8.80. The molecule has 6 nitrogen and oxygen atoms in total. The van der Waals surface area contributed by atoms with Gasteiger partial charge in [0.25, 0.3) is 0 Å². The molecule has 0 aliphatic heterocycles. The predicted octanol–water partition coefficient (Wildman–Crippen LogP) is 3.11. The Hall–Kier alpha value is -2.98. The second kappa shape index (κ2) is 5.79. The third-order valence-corrected chi connectivity index (χ3v) is 3.98. The van der Waals surface area contributed by atoms with Gasteiger partial charge in [-0.25, -0.2) is 15.0 Å². The van der Waals surface area contributed by atoms with Gasteiger partial charge in [-0.1, -0.05) is 11.3 Å². The Kier molecular flexibility index (Phi) is 3.68. The second-order valence-electron chi connectivity index (χ2n) is 4.55. The first kappa shape index (κ1) is 14.0. The number of thiazole rings is 1. The number of rotatable bonds is 3. The Balaban J connectivity index is 1.88. The van der Waals surface area contributed by atoms with E-state index in [0.29, 0.717) is 16.6 Å². The molecule has 0 atom stereocenters. The van der Waals surface area contributed by atoms with E-state index in [1.54, 1.807) is 18.3 Å². The lowest BCUT2D eigenvalue weighted by Gasteiger charge is -2.06. The Morgan fingerprint density at radius 3 is 2.59 bits per heavy atom. The van der Waals surface area contributed by atoms with Crippen molar-refractivity contribution in [2.24, 2.45) is 0 Å². The van der Waals surface area contributed by atoms with Crippen LogP contribution in [0.3, 0.4) is 0 Å². The third-order valence-electron chi connectivity index (χ3n) is 2.97. The van der Waals surface area contributed by atoms with Gasteiger partial charge in [-0.2, -0.15) is 5.26 Å². The molecule has 3 N–H and O–H groups in total. The second-order valence-corrected chi connectivity index (χ2v) is 5.58. The molecule has 1 aromatic carbocycles. The van der Waals surface area contributed by atoms with Crippen LogP contribution < -0.4 is 11.1 Å². The van der Waals surface area contributed by atoms with Crippen molar-refractivity contribution in [3.05, 3.63) is 47.8 Å². The molecule has 7 heteroatoms. The van der Waals surface area contributed by atoms with Gasteiger partial charge >= 0.3 is 0 Å². The van der Waals surface area contributed by atoms with Gasteiger partial charge < -0.3 is 11.1 Å². The van der Waals surface area contributed by atoms with Gasteiger partial charge in [-0.3, -0.25) is 0 Å². The van der Waals surface area contributed by atoms with Crippen LogP contribution in [0.5, 0.6) is 0 Å². The fourth-order valence-corrected chi connectivity index (χ4v) is 2.76. The number of anilines is 3. The Morgan fingerprint density at radius 1 is 1.18 bits per heavy atom. The van der Waals surface area contributed by atoms with Crippen LogP contribution in [0.1, 0.15) is 11.3 Å². The molecule has 2 heterocycles. The number of aromatic nitrogens is 3. The van der Waals surface area contributed by atoms with Crippen molar-refractivity contribution in [1.29, 1.82) is 5.26 Å². The quantitative estimate of drug-likeness (QED) is 0.771. The zero-order valence-corrected chi connectivity index (χ0v) is 12.6. The number of nitrogens with two attached hydrogens (primary N) is 1. The number of benzene rings is 1. The van der Waals surface area contributed by atoms with Gasteiger partial charge in [-0.05, 0) is 37.3 Å². The van der Waals surface area contributed by atoms with Crippen LogP contribution in [-0.2, 0) is 0 Å². The summed E-state index contributed by atoms with van der Waals surface area (Å²) in [5.74, 6) is 0.480. The van der Waals surface area contributed by atoms with Gasteiger partial charge in [0.1, 0.15) is 0 Å². The largest absolute Gasteiger partial charge is 0.375 e. The van der Waals surface area contributed by atoms with Gasteiger partial charge in [0, 0.05) is 11.9 Å². The molecule has 0 aliphatic carbocycles. The number of nitrogens with zero attached hydrogens (tertiary/aromatic N) is 4. The fraction of sp³-hybridized carbons (Fsp3) is 0.0667. The topological polar surface area (TPSA) is 101 Å². The van der Waals surface area contributed by atoms with Gasteiger partial charge in [0.15, 0.2) is 5.13 Å². The van der Waals surface area contributed by atoms with Crippen molar-refractivity contribution in [1.82, 2.24) is 15.0 Å². The maximum atomic E-state index is 8.80. The average molecular weight is 308 g/mol. The van der Waals surface area contributed by atoms with E-state index in [1.165, 1.54) is 11.3 Å². The average Bonchev–Trinajstić information content (AvgIpc) is 2.87. The first-order valence-corrected chi connectivity index (χ1v) is 7.31. The highest BCUT2D eigenvalue weighted by Gasteiger charge is 2.10. The SMILES string of the molecule is Cc1nc(N)sc1-c1ccnc(Nc2ccc(C#N)cc2)n1. The highest BCUT2D eigenvalue weighted by Crippen LogP contribution is 2.30. The highest BCUT2D eigenvalue weighted by molar-refractivity contribution is 7.18. The monoisotopic (exact) mass is 308 g/mol. The van der Waals surface area contributed by atoms with Crippen LogP contribution in [0.2, 0.25) is 0 Å². The van der Waals surface area contributed by atoms with Crippen LogP contribution in [-0.4, -0.2) is 15.0 Å². The molecule has 0 saturated carbocycles. The minimum atomic E-state index is 0.480. The van der Waals surface area contributed by atoms with Crippen LogP contribution in [0.15, 0.2) is 36.5 Å². The van der Waals surface area contributed by atoms with Crippen molar-refractivity contribution in [2.45, 2.75) is 6.92 Å². The summed E-state index contributed by atoms with van der Waals surface area (Å²) in [6, 6.07) is 11.0. The van der Waals surface area contributed by atoms with Crippen LogP contribution in [0, 0.1) is 18.3 Å². The minimum Gasteiger partial charge on any atom is -0.375 e. The van der Waals surface area contributed by atoms with E-state index >= 15 is 0 Å². The number of aryl methyl sites for hydroxylation is 1. The smallest absolute Gasteiger partial charge is 0.227 e. The van der Waals surface area contributed by atoms with Crippen molar-refractivity contribution in [3.63, 3.8) is 0 Å². The first-order valence-electron chi connectivity index (χ1n) is 6.49. The summed E-state index contributed by atoms with van der Waals surface area (Å²) in [4.78, 5) is 13.8. The standard InChI is InChI=1S/C15H12N6S/c1-9-13(22-14(17)19-9)12-6-7-18-15(21-12)20-11-4-2-10(8-16)3-5-11/h2-7H,1H3,(H2,17,19)(H,18,20,21). The summed E-state index contributed by atoms with van der Waals surface area (Å²) < 4.78 is 0. The van der Waals surface area contributed by atoms with Crippen molar-refractivity contribution in [2.75, 3.05) is 11.1 Å². The predicted molar refractivity (Wildman–Crippen MR) is 86.7 cm³/mol. The minimum absolute atomic E-state index is 0.480. The maximum Gasteiger partial charge on any atom is 0.227 e. The summed E-state index contributed by atoms with van der Waals surface area (Å²) in [6.45, 7) is 1.90. The summed E-state index contributed by atoms with van der Waals surface area (Å²) >= 11 is 1.40. The molecule has 0 aliphatic rings. The Bertz CT molecular complexity index is 847.